The fourth-order valence-electron chi connectivity index (χ4n) is 2.02. The first-order valence-corrected chi connectivity index (χ1v) is 6.81. The zero-order valence-electron chi connectivity index (χ0n) is 8.39. The molecule has 1 aliphatic carbocycles. The van der Waals surface area contributed by atoms with Crippen molar-refractivity contribution in [3.05, 3.63) is 0 Å². The van der Waals surface area contributed by atoms with Gasteiger partial charge in [-0.05, 0) is 12.3 Å². The summed E-state index contributed by atoms with van der Waals surface area (Å²) in [6, 6.07) is 0. The minimum atomic E-state index is -4.23. The van der Waals surface area contributed by atoms with Gasteiger partial charge >= 0.3 is 7.82 Å². The summed E-state index contributed by atoms with van der Waals surface area (Å²) >= 11 is 0. The molecule has 0 aliphatic heterocycles. The van der Waals surface area contributed by atoms with Crippen LogP contribution in [0.1, 0.15) is 44.9 Å². The topological polar surface area (TPSA) is 66.8 Å². The molecule has 4 nitrogen and oxygen atoms in total. The Balaban J connectivity index is 1.91. The summed E-state index contributed by atoms with van der Waals surface area (Å²) in [5.41, 5.74) is 0. The molecule has 0 spiro atoms. The molecule has 0 bridgehead atoms. The Bertz CT molecular complexity index is 195. The van der Waals surface area contributed by atoms with Gasteiger partial charge in [-0.15, -0.1) is 0 Å². The third-order valence-electron chi connectivity index (χ3n) is 2.74. The van der Waals surface area contributed by atoms with Crippen LogP contribution < -0.4 is 0 Å². The van der Waals surface area contributed by atoms with Crippen molar-refractivity contribution in [2.24, 2.45) is 5.92 Å². The first kappa shape index (κ1) is 12.2. The van der Waals surface area contributed by atoms with Crippen molar-refractivity contribution in [1.29, 1.82) is 0 Å². The molecule has 0 heterocycles. The highest BCUT2D eigenvalue weighted by Crippen LogP contribution is 2.36. The number of phosphoric acid groups is 1. The van der Waals surface area contributed by atoms with Gasteiger partial charge in [-0.1, -0.05) is 38.5 Å². The molecule has 0 saturated heterocycles. The molecule has 0 atom stereocenters. The molecule has 0 aromatic carbocycles. The van der Waals surface area contributed by atoms with E-state index in [4.69, 9.17) is 9.79 Å². The molecule has 1 aliphatic rings. The van der Waals surface area contributed by atoms with Gasteiger partial charge in [-0.2, -0.15) is 0 Å². The quantitative estimate of drug-likeness (QED) is 0.535. The van der Waals surface area contributed by atoms with E-state index < -0.39 is 7.82 Å². The highest BCUT2D eigenvalue weighted by atomic mass is 31.2. The molecule has 0 amide bonds. The average molecular weight is 222 g/mol. The highest BCUT2D eigenvalue weighted by Gasteiger charge is 2.15. The standard InChI is InChI=1S/C9H19O4P/c10-14(11,12)13-8-4-3-7-9-5-1-2-6-9/h9H,1-8H2,(H2,10,11,12). The molecule has 1 fully saturated rings. The second-order valence-electron chi connectivity index (χ2n) is 3.97. The first-order chi connectivity index (χ1) is 6.58. The van der Waals surface area contributed by atoms with Gasteiger partial charge in [0.15, 0.2) is 0 Å². The lowest BCUT2D eigenvalue weighted by Gasteiger charge is -2.08. The van der Waals surface area contributed by atoms with Gasteiger partial charge in [-0.25, -0.2) is 4.57 Å². The van der Waals surface area contributed by atoms with Crippen LogP contribution in [0, 0.1) is 5.92 Å². The fourth-order valence-corrected chi connectivity index (χ4v) is 2.38. The molecule has 5 heteroatoms. The number of rotatable bonds is 6. The van der Waals surface area contributed by atoms with Crippen LogP contribution in [0.25, 0.3) is 0 Å². The molecular formula is C9H19O4P. The summed E-state index contributed by atoms with van der Waals surface area (Å²) in [5.74, 6) is 0.852. The summed E-state index contributed by atoms with van der Waals surface area (Å²) < 4.78 is 14.7. The Morgan fingerprint density at radius 1 is 1.21 bits per heavy atom. The van der Waals surface area contributed by atoms with Crippen molar-refractivity contribution in [3.8, 4) is 0 Å². The molecule has 0 aromatic heterocycles. The second kappa shape index (κ2) is 5.86. The van der Waals surface area contributed by atoms with Crippen molar-refractivity contribution in [1.82, 2.24) is 0 Å². The maximum Gasteiger partial charge on any atom is 0.469 e. The molecule has 1 saturated carbocycles. The largest absolute Gasteiger partial charge is 0.469 e. The van der Waals surface area contributed by atoms with E-state index in [1.165, 1.54) is 32.1 Å². The Kier molecular flexibility index (Phi) is 5.10. The minimum Gasteiger partial charge on any atom is -0.303 e. The van der Waals surface area contributed by atoms with Gasteiger partial charge in [0.05, 0.1) is 6.61 Å². The van der Waals surface area contributed by atoms with Gasteiger partial charge < -0.3 is 9.79 Å². The SMILES string of the molecule is O=P(O)(O)OCCCCC1CCCC1. The van der Waals surface area contributed by atoms with E-state index in [2.05, 4.69) is 4.52 Å². The van der Waals surface area contributed by atoms with E-state index in [1.54, 1.807) is 0 Å². The lowest BCUT2D eigenvalue weighted by molar-refractivity contribution is 0.192. The van der Waals surface area contributed by atoms with Gasteiger partial charge in [-0.3, -0.25) is 4.52 Å². The van der Waals surface area contributed by atoms with E-state index in [9.17, 15) is 4.57 Å². The molecule has 1 rings (SSSR count). The summed E-state index contributed by atoms with van der Waals surface area (Å²) in [7, 11) is -4.23. The van der Waals surface area contributed by atoms with E-state index in [0.29, 0.717) is 0 Å². The maximum absolute atomic E-state index is 10.3. The van der Waals surface area contributed by atoms with E-state index in [1.807, 2.05) is 0 Å². The molecule has 84 valence electrons. The van der Waals surface area contributed by atoms with E-state index in [0.717, 1.165) is 18.8 Å². The van der Waals surface area contributed by atoms with Crippen LogP contribution >= 0.6 is 7.82 Å². The van der Waals surface area contributed by atoms with Crippen LogP contribution in [0.4, 0.5) is 0 Å². The third kappa shape index (κ3) is 5.76. The molecular weight excluding hydrogens is 203 g/mol. The molecule has 14 heavy (non-hydrogen) atoms. The fraction of sp³-hybridized carbons (Fsp3) is 1.00. The summed E-state index contributed by atoms with van der Waals surface area (Å²) in [6.07, 6.45) is 8.32. The third-order valence-corrected chi connectivity index (χ3v) is 3.26. The number of unbranched alkanes of at least 4 members (excludes halogenated alkanes) is 1. The Hall–Kier alpha value is 0.110. The van der Waals surface area contributed by atoms with Crippen molar-refractivity contribution >= 4 is 7.82 Å². The average Bonchev–Trinajstić information content (AvgIpc) is 2.54. The van der Waals surface area contributed by atoms with Crippen molar-refractivity contribution in [2.45, 2.75) is 44.9 Å². The molecule has 0 unspecified atom stereocenters. The molecule has 2 N–H and O–H groups in total. The van der Waals surface area contributed by atoms with Gasteiger partial charge in [0.2, 0.25) is 0 Å². The summed E-state index contributed by atoms with van der Waals surface area (Å²) in [4.78, 5) is 16.8. The van der Waals surface area contributed by atoms with Gasteiger partial charge in [0.25, 0.3) is 0 Å². The van der Waals surface area contributed by atoms with E-state index in [-0.39, 0.29) is 6.61 Å². The van der Waals surface area contributed by atoms with Gasteiger partial charge in [0, 0.05) is 0 Å². The lowest BCUT2D eigenvalue weighted by Crippen LogP contribution is -1.96. The van der Waals surface area contributed by atoms with Crippen molar-refractivity contribution in [3.63, 3.8) is 0 Å². The molecule has 0 aromatic rings. The first-order valence-electron chi connectivity index (χ1n) is 5.28. The predicted molar refractivity (Wildman–Crippen MR) is 53.8 cm³/mol. The molecule has 0 radical (unpaired) electrons. The highest BCUT2D eigenvalue weighted by molar-refractivity contribution is 7.46. The van der Waals surface area contributed by atoms with Crippen molar-refractivity contribution < 1.29 is 18.9 Å². The Morgan fingerprint density at radius 3 is 2.43 bits per heavy atom. The smallest absolute Gasteiger partial charge is 0.303 e. The normalized spacial score (nSPS) is 19.0. The second-order valence-corrected chi connectivity index (χ2v) is 5.21. The van der Waals surface area contributed by atoms with Gasteiger partial charge in [0.1, 0.15) is 0 Å². The van der Waals surface area contributed by atoms with Crippen molar-refractivity contribution in [2.75, 3.05) is 6.61 Å². The predicted octanol–water partition coefficient (Wildman–Crippen LogP) is 2.46. The van der Waals surface area contributed by atoms with Crippen LogP contribution in [-0.4, -0.2) is 16.4 Å². The van der Waals surface area contributed by atoms with E-state index >= 15 is 0 Å². The van der Waals surface area contributed by atoms with Crippen LogP contribution in [0.15, 0.2) is 0 Å². The number of phosphoric ester groups is 1. The zero-order valence-corrected chi connectivity index (χ0v) is 9.29. The Morgan fingerprint density at radius 2 is 1.86 bits per heavy atom. The maximum atomic E-state index is 10.3. The van der Waals surface area contributed by atoms with Crippen LogP contribution in [0.2, 0.25) is 0 Å². The lowest BCUT2D eigenvalue weighted by atomic mass is 10.0. The van der Waals surface area contributed by atoms with Crippen LogP contribution in [-0.2, 0) is 9.09 Å². The number of hydrogen-bond donors (Lipinski definition) is 2. The number of hydrogen-bond acceptors (Lipinski definition) is 2. The monoisotopic (exact) mass is 222 g/mol. The van der Waals surface area contributed by atoms with Crippen LogP contribution in [0.5, 0.6) is 0 Å². The minimum absolute atomic E-state index is 0.178. The Labute approximate surface area is 84.9 Å². The van der Waals surface area contributed by atoms with Crippen LogP contribution in [0.3, 0.4) is 0 Å². The summed E-state index contributed by atoms with van der Waals surface area (Å²) in [6.45, 7) is 0.178. The zero-order chi connectivity index (χ0) is 10.4. The summed E-state index contributed by atoms with van der Waals surface area (Å²) in [5, 5.41) is 0.